The number of anilines is 1. The van der Waals surface area contributed by atoms with E-state index in [4.69, 9.17) is 24.7 Å². The lowest BCUT2D eigenvalue weighted by Crippen LogP contribution is -2.34. The summed E-state index contributed by atoms with van der Waals surface area (Å²) in [5.41, 5.74) is 6.13. The van der Waals surface area contributed by atoms with Gasteiger partial charge in [-0.3, -0.25) is 9.88 Å². The maximum atomic E-state index is 12.1. The number of nitrogens with zero attached hydrogens (tertiary/aromatic N) is 4. The summed E-state index contributed by atoms with van der Waals surface area (Å²) < 4.78 is 25.1. The Morgan fingerprint density at radius 3 is 2.69 bits per heavy atom. The van der Waals surface area contributed by atoms with Crippen molar-refractivity contribution in [3.63, 3.8) is 0 Å². The molecule has 0 spiro atoms. The molecule has 29 heavy (non-hydrogen) atoms. The van der Waals surface area contributed by atoms with Crippen LogP contribution in [-0.2, 0) is 18.9 Å². The average Bonchev–Trinajstić information content (AvgIpc) is 3.24. The van der Waals surface area contributed by atoms with Crippen LogP contribution in [0.2, 0.25) is 0 Å². The number of nitrogens with one attached hydrogen (secondary N) is 1. The van der Waals surface area contributed by atoms with Gasteiger partial charge in [-0.05, 0) is 34.6 Å². The van der Waals surface area contributed by atoms with Crippen LogP contribution < -0.4 is 11.1 Å². The fourth-order valence-electron chi connectivity index (χ4n) is 3.60. The van der Waals surface area contributed by atoms with E-state index >= 15 is 0 Å². The molecular formula is C18H26N6O5. The van der Waals surface area contributed by atoms with Gasteiger partial charge in [0.15, 0.2) is 29.0 Å². The summed E-state index contributed by atoms with van der Waals surface area (Å²) in [6, 6.07) is 0. The fourth-order valence-corrected chi connectivity index (χ4v) is 3.60. The van der Waals surface area contributed by atoms with E-state index in [1.165, 1.54) is 6.33 Å². The highest BCUT2D eigenvalue weighted by atomic mass is 16.8. The predicted octanol–water partition coefficient (Wildman–Crippen LogP) is 1.55. The number of aromatic nitrogens is 4. The van der Waals surface area contributed by atoms with Crippen LogP contribution in [0, 0.1) is 0 Å². The van der Waals surface area contributed by atoms with Crippen LogP contribution in [0.1, 0.15) is 40.8 Å². The molecule has 0 radical (unpaired) electrons. The first-order chi connectivity index (χ1) is 13.6. The highest BCUT2D eigenvalue weighted by Gasteiger charge is 2.55. The van der Waals surface area contributed by atoms with E-state index in [0.29, 0.717) is 17.7 Å². The fraction of sp³-hybridized carbons (Fsp3) is 0.667. The molecule has 4 heterocycles. The number of fused-ring (bicyclic) bond motifs is 2. The van der Waals surface area contributed by atoms with Crippen molar-refractivity contribution in [3.05, 3.63) is 12.7 Å². The molecule has 11 heteroatoms. The second-order valence-electron chi connectivity index (χ2n) is 8.54. The molecule has 0 saturated carbocycles. The summed E-state index contributed by atoms with van der Waals surface area (Å²) in [5, 5.41) is 2.62. The number of amides is 1. The maximum absolute atomic E-state index is 12.1. The van der Waals surface area contributed by atoms with Gasteiger partial charge in [-0.15, -0.1) is 0 Å². The van der Waals surface area contributed by atoms with E-state index in [9.17, 15) is 4.79 Å². The number of nitrogens with two attached hydrogens (primary N) is 1. The lowest BCUT2D eigenvalue weighted by molar-refractivity contribution is -0.195. The molecule has 4 rings (SSSR count). The Bertz CT molecular complexity index is 923. The van der Waals surface area contributed by atoms with Gasteiger partial charge >= 0.3 is 6.09 Å². The van der Waals surface area contributed by atoms with E-state index in [-0.39, 0.29) is 24.1 Å². The third kappa shape index (κ3) is 3.78. The van der Waals surface area contributed by atoms with Crippen molar-refractivity contribution in [1.82, 2.24) is 19.5 Å². The van der Waals surface area contributed by atoms with Gasteiger partial charge in [0.1, 0.15) is 30.2 Å². The average molecular weight is 406 g/mol. The lowest BCUT2D eigenvalue weighted by atomic mass is 10.1. The Kier molecular flexibility index (Phi) is 4.73. The maximum Gasteiger partial charge on any atom is 0.413 e. The highest BCUT2D eigenvalue weighted by Crippen LogP contribution is 2.43. The van der Waals surface area contributed by atoms with E-state index in [1.807, 2.05) is 13.8 Å². The van der Waals surface area contributed by atoms with Crippen LogP contribution in [0.5, 0.6) is 0 Å². The minimum absolute atomic E-state index is 0.247. The normalized spacial score (nSPS) is 28.5. The molecule has 0 bridgehead atoms. The quantitative estimate of drug-likeness (QED) is 0.778. The number of hydrogen-bond donors (Lipinski definition) is 2. The van der Waals surface area contributed by atoms with E-state index in [1.54, 1.807) is 31.7 Å². The molecule has 2 saturated heterocycles. The smallest absolute Gasteiger partial charge is 0.413 e. The van der Waals surface area contributed by atoms with Crippen molar-refractivity contribution in [2.45, 2.75) is 70.5 Å². The molecule has 2 aromatic rings. The Labute approximate surface area is 167 Å². The number of ether oxygens (including phenoxy) is 4. The highest BCUT2D eigenvalue weighted by molar-refractivity contribution is 5.93. The minimum Gasteiger partial charge on any atom is -0.444 e. The first-order valence-electron chi connectivity index (χ1n) is 9.47. The molecule has 2 aliphatic rings. The Morgan fingerprint density at radius 2 is 2.00 bits per heavy atom. The largest absolute Gasteiger partial charge is 0.444 e. The van der Waals surface area contributed by atoms with Gasteiger partial charge < -0.3 is 24.7 Å². The van der Waals surface area contributed by atoms with Gasteiger partial charge in [0, 0.05) is 6.54 Å². The summed E-state index contributed by atoms with van der Waals surface area (Å²) in [6.07, 6.45) is 0.800. The molecule has 2 aromatic heterocycles. The molecule has 4 unspecified atom stereocenters. The minimum atomic E-state index is -0.737. The third-order valence-corrected chi connectivity index (χ3v) is 4.61. The number of hydrogen-bond acceptors (Lipinski definition) is 9. The van der Waals surface area contributed by atoms with Gasteiger partial charge in [-0.1, -0.05) is 0 Å². The zero-order valence-corrected chi connectivity index (χ0v) is 17.1. The standard InChI is InChI=1S/C18H26N6O5/c1-17(2,3)29-16(25)23-13-10-14(21-7-20-13)24(8-22-10)15-12-11(9(6-19)26-15)27-18(4,5)28-12/h7-9,11-12,15H,6,19H2,1-5H3,(H,20,21,23,25). The van der Waals surface area contributed by atoms with E-state index in [0.717, 1.165) is 0 Å². The molecule has 1 amide bonds. The van der Waals surface area contributed by atoms with Crippen molar-refractivity contribution in [3.8, 4) is 0 Å². The molecule has 4 atom stereocenters. The molecule has 158 valence electrons. The molecule has 2 fully saturated rings. The zero-order valence-electron chi connectivity index (χ0n) is 17.1. The summed E-state index contributed by atoms with van der Waals surface area (Å²) in [6.45, 7) is 9.35. The molecule has 11 nitrogen and oxygen atoms in total. The Hall–Kier alpha value is -2.34. The second kappa shape index (κ2) is 6.87. The SMILES string of the molecule is CC(C)(C)OC(=O)Nc1ncnc2c1ncn2C1OC(CN)C2OC(C)(C)OC21. The van der Waals surface area contributed by atoms with Crippen LogP contribution in [0.4, 0.5) is 10.6 Å². The van der Waals surface area contributed by atoms with Crippen molar-refractivity contribution < 1.29 is 23.7 Å². The van der Waals surface area contributed by atoms with Crippen LogP contribution in [-0.4, -0.2) is 61.9 Å². The number of carbonyl (C=O) groups excluding carboxylic acids is 1. The monoisotopic (exact) mass is 406 g/mol. The van der Waals surface area contributed by atoms with Gasteiger partial charge in [0.25, 0.3) is 0 Å². The Morgan fingerprint density at radius 1 is 1.28 bits per heavy atom. The van der Waals surface area contributed by atoms with Crippen molar-refractivity contribution in [2.75, 3.05) is 11.9 Å². The summed E-state index contributed by atoms with van der Waals surface area (Å²) >= 11 is 0. The van der Waals surface area contributed by atoms with Crippen LogP contribution in [0.3, 0.4) is 0 Å². The van der Waals surface area contributed by atoms with E-state index < -0.39 is 23.7 Å². The first kappa shape index (κ1) is 20.0. The third-order valence-electron chi connectivity index (χ3n) is 4.61. The number of rotatable bonds is 3. The Balaban J connectivity index is 1.64. The number of carbonyl (C=O) groups is 1. The topological polar surface area (TPSA) is 136 Å². The molecule has 0 aromatic carbocycles. The first-order valence-corrected chi connectivity index (χ1v) is 9.47. The molecule has 0 aliphatic carbocycles. The van der Waals surface area contributed by atoms with Gasteiger partial charge in [0.2, 0.25) is 0 Å². The van der Waals surface area contributed by atoms with Gasteiger partial charge in [-0.25, -0.2) is 19.7 Å². The van der Waals surface area contributed by atoms with Crippen molar-refractivity contribution in [2.24, 2.45) is 5.73 Å². The summed E-state index contributed by atoms with van der Waals surface area (Å²) in [7, 11) is 0. The molecule has 2 aliphatic heterocycles. The molecule has 3 N–H and O–H groups in total. The van der Waals surface area contributed by atoms with Gasteiger partial charge in [0.05, 0.1) is 6.33 Å². The lowest BCUT2D eigenvalue weighted by Gasteiger charge is -2.24. The second-order valence-corrected chi connectivity index (χ2v) is 8.54. The summed E-state index contributed by atoms with van der Waals surface area (Å²) in [5.74, 6) is -0.489. The zero-order chi connectivity index (χ0) is 21.0. The van der Waals surface area contributed by atoms with E-state index in [2.05, 4.69) is 20.3 Å². The van der Waals surface area contributed by atoms with Crippen LogP contribution >= 0.6 is 0 Å². The predicted molar refractivity (Wildman–Crippen MR) is 102 cm³/mol. The van der Waals surface area contributed by atoms with Crippen molar-refractivity contribution in [1.29, 1.82) is 0 Å². The van der Waals surface area contributed by atoms with Crippen LogP contribution in [0.25, 0.3) is 11.2 Å². The van der Waals surface area contributed by atoms with Crippen LogP contribution in [0.15, 0.2) is 12.7 Å². The number of imidazole rings is 1. The van der Waals surface area contributed by atoms with Gasteiger partial charge in [-0.2, -0.15) is 0 Å². The van der Waals surface area contributed by atoms with Crippen molar-refractivity contribution >= 4 is 23.1 Å². The molecular weight excluding hydrogens is 380 g/mol. The summed E-state index contributed by atoms with van der Waals surface area (Å²) in [4.78, 5) is 24.9.